The van der Waals surface area contributed by atoms with E-state index < -0.39 is 5.91 Å². The number of nitrogens with two attached hydrogens (primary N) is 1. The average molecular weight is 299 g/mol. The molecule has 1 aromatic rings. The zero-order chi connectivity index (χ0) is 15.0. The van der Waals surface area contributed by atoms with E-state index in [1.807, 2.05) is 0 Å². The summed E-state index contributed by atoms with van der Waals surface area (Å²) in [4.78, 5) is 33.1. The van der Waals surface area contributed by atoms with Gasteiger partial charge in [0.1, 0.15) is 5.82 Å². The van der Waals surface area contributed by atoms with Gasteiger partial charge in [-0.2, -0.15) is 0 Å². The summed E-state index contributed by atoms with van der Waals surface area (Å²) in [6, 6.07) is 5.36. The van der Waals surface area contributed by atoms with Crippen LogP contribution in [0.5, 0.6) is 0 Å². The molecule has 0 unspecified atom stereocenters. The van der Waals surface area contributed by atoms with Gasteiger partial charge in [0.2, 0.25) is 17.7 Å². The minimum absolute atomic E-state index is 0.0458. The van der Waals surface area contributed by atoms with E-state index in [4.69, 9.17) is 5.73 Å². The Labute approximate surface area is 119 Å². The minimum atomic E-state index is -0.627. The summed E-state index contributed by atoms with van der Waals surface area (Å²) < 4.78 is 12.7. The van der Waals surface area contributed by atoms with Crippen LogP contribution in [0.4, 0.5) is 10.1 Å². The molecule has 0 radical (unpaired) electrons. The highest BCUT2D eigenvalue weighted by atomic mass is 32.2. The van der Waals surface area contributed by atoms with Crippen LogP contribution in [0.3, 0.4) is 0 Å². The number of hydrogen-bond acceptors (Lipinski definition) is 4. The van der Waals surface area contributed by atoms with Gasteiger partial charge >= 0.3 is 0 Å². The minimum Gasteiger partial charge on any atom is -0.368 e. The topological polar surface area (TPSA) is 101 Å². The molecule has 0 spiro atoms. The number of anilines is 1. The number of benzene rings is 1. The standard InChI is InChI=1S/C12H14FN3O3S/c13-8-1-3-9(4-2-8)16-12(19)7-20-6-11(18)15-5-10(14)17/h1-4H,5-7H2,(H2,14,17)(H,15,18)(H,16,19). The molecule has 0 aliphatic rings. The van der Waals surface area contributed by atoms with Crippen molar-refractivity contribution < 1.29 is 18.8 Å². The van der Waals surface area contributed by atoms with E-state index in [0.717, 1.165) is 11.8 Å². The van der Waals surface area contributed by atoms with Crippen LogP contribution in [0.1, 0.15) is 0 Å². The summed E-state index contributed by atoms with van der Waals surface area (Å²) in [6.07, 6.45) is 0. The lowest BCUT2D eigenvalue weighted by atomic mass is 10.3. The molecule has 0 aliphatic carbocycles. The summed E-state index contributed by atoms with van der Waals surface area (Å²) in [6.45, 7) is -0.221. The predicted octanol–water partition coefficient (Wildman–Crippen LogP) is 0.0989. The Bertz CT molecular complexity index is 493. The summed E-state index contributed by atoms with van der Waals surface area (Å²) in [7, 11) is 0. The van der Waals surface area contributed by atoms with Gasteiger partial charge < -0.3 is 16.4 Å². The highest BCUT2D eigenvalue weighted by molar-refractivity contribution is 8.00. The van der Waals surface area contributed by atoms with Gasteiger partial charge in [-0.15, -0.1) is 11.8 Å². The van der Waals surface area contributed by atoms with E-state index in [1.165, 1.54) is 24.3 Å². The summed E-state index contributed by atoms with van der Waals surface area (Å²) in [5.41, 5.74) is 5.34. The number of primary amides is 1. The highest BCUT2D eigenvalue weighted by Gasteiger charge is 2.06. The van der Waals surface area contributed by atoms with Gasteiger partial charge in [0, 0.05) is 5.69 Å². The number of hydrogen-bond donors (Lipinski definition) is 3. The molecule has 0 aromatic heterocycles. The third-order valence-electron chi connectivity index (χ3n) is 2.05. The Balaban J connectivity index is 2.21. The van der Waals surface area contributed by atoms with Gasteiger partial charge in [-0.05, 0) is 24.3 Å². The average Bonchev–Trinajstić information content (AvgIpc) is 2.39. The van der Waals surface area contributed by atoms with Crippen molar-refractivity contribution in [2.75, 3.05) is 23.4 Å². The number of thioether (sulfide) groups is 1. The lowest BCUT2D eigenvalue weighted by molar-refractivity contribution is -0.123. The number of halogens is 1. The third-order valence-corrected chi connectivity index (χ3v) is 2.99. The van der Waals surface area contributed by atoms with Crippen molar-refractivity contribution in [1.82, 2.24) is 5.32 Å². The quantitative estimate of drug-likeness (QED) is 0.664. The fraction of sp³-hybridized carbons (Fsp3) is 0.250. The van der Waals surface area contributed by atoms with Crippen LogP contribution in [-0.4, -0.2) is 35.8 Å². The maximum atomic E-state index is 12.7. The van der Waals surface area contributed by atoms with Crippen molar-refractivity contribution in [3.05, 3.63) is 30.1 Å². The number of nitrogens with one attached hydrogen (secondary N) is 2. The van der Waals surface area contributed by atoms with Gasteiger partial charge in [-0.3, -0.25) is 14.4 Å². The van der Waals surface area contributed by atoms with Crippen LogP contribution in [0.2, 0.25) is 0 Å². The number of carbonyl (C=O) groups is 3. The van der Waals surface area contributed by atoms with Crippen molar-refractivity contribution in [3.8, 4) is 0 Å². The Hall–Kier alpha value is -2.09. The van der Waals surface area contributed by atoms with Crippen LogP contribution in [0.15, 0.2) is 24.3 Å². The second-order valence-electron chi connectivity index (χ2n) is 3.79. The summed E-state index contributed by atoms with van der Waals surface area (Å²) in [5, 5.41) is 4.86. The van der Waals surface area contributed by atoms with E-state index in [-0.39, 0.29) is 35.7 Å². The molecular formula is C12H14FN3O3S. The Morgan fingerprint density at radius 3 is 2.30 bits per heavy atom. The van der Waals surface area contributed by atoms with E-state index in [1.54, 1.807) is 0 Å². The lowest BCUT2D eigenvalue weighted by Crippen LogP contribution is -2.34. The fourth-order valence-electron chi connectivity index (χ4n) is 1.20. The first kappa shape index (κ1) is 16.0. The Morgan fingerprint density at radius 1 is 1.10 bits per heavy atom. The van der Waals surface area contributed by atoms with Crippen LogP contribution < -0.4 is 16.4 Å². The first-order chi connectivity index (χ1) is 9.47. The maximum absolute atomic E-state index is 12.7. The molecule has 4 N–H and O–H groups in total. The van der Waals surface area contributed by atoms with Crippen LogP contribution >= 0.6 is 11.8 Å². The molecule has 1 aromatic carbocycles. The van der Waals surface area contributed by atoms with Crippen molar-refractivity contribution in [2.24, 2.45) is 5.73 Å². The Kier molecular flexibility index (Phi) is 6.51. The molecular weight excluding hydrogens is 285 g/mol. The number of amides is 3. The molecule has 0 atom stereocenters. The van der Waals surface area contributed by atoms with E-state index in [9.17, 15) is 18.8 Å². The molecule has 108 valence electrons. The Morgan fingerprint density at radius 2 is 1.70 bits per heavy atom. The molecule has 20 heavy (non-hydrogen) atoms. The van der Waals surface area contributed by atoms with Gasteiger partial charge in [0.15, 0.2) is 0 Å². The molecule has 0 fully saturated rings. The van der Waals surface area contributed by atoms with E-state index >= 15 is 0 Å². The summed E-state index contributed by atoms with van der Waals surface area (Å²) >= 11 is 1.09. The molecule has 0 bridgehead atoms. The second-order valence-corrected chi connectivity index (χ2v) is 4.78. The monoisotopic (exact) mass is 299 g/mol. The fourth-order valence-corrected chi connectivity index (χ4v) is 1.85. The molecule has 8 heteroatoms. The first-order valence-electron chi connectivity index (χ1n) is 5.65. The SMILES string of the molecule is NC(=O)CNC(=O)CSCC(=O)Nc1ccc(F)cc1. The van der Waals surface area contributed by atoms with Crippen molar-refractivity contribution in [2.45, 2.75) is 0 Å². The van der Waals surface area contributed by atoms with Gasteiger partial charge in [0.05, 0.1) is 18.1 Å². The van der Waals surface area contributed by atoms with E-state index in [2.05, 4.69) is 10.6 Å². The normalized spacial score (nSPS) is 9.85. The van der Waals surface area contributed by atoms with Crippen LogP contribution in [0, 0.1) is 5.82 Å². The predicted molar refractivity (Wildman–Crippen MR) is 74.6 cm³/mol. The molecule has 0 heterocycles. The number of rotatable bonds is 7. The smallest absolute Gasteiger partial charge is 0.236 e. The molecule has 0 saturated carbocycles. The number of carbonyl (C=O) groups excluding carboxylic acids is 3. The van der Waals surface area contributed by atoms with Gasteiger partial charge in [-0.25, -0.2) is 4.39 Å². The largest absolute Gasteiger partial charge is 0.368 e. The van der Waals surface area contributed by atoms with Crippen molar-refractivity contribution in [3.63, 3.8) is 0 Å². The van der Waals surface area contributed by atoms with Crippen LogP contribution in [-0.2, 0) is 14.4 Å². The maximum Gasteiger partial charge on any atom is 0.236 e. The molecule has 0 saturated heterocycles. The highest BCUT2D eigenvalue weighted by Crippen LogP contribution is 2.09. The second kappa shape index (κ2) is 8.16. The lowest BCUT2D eigenvalue weighted by Gasteiger charge is -2.05. The zero-order valence-corrected chi connectivity index (χ0v) is 11.3. The molecule has 3 amide bonds. The van der Waals surface area contributed by atoms with Crippen molar-refractivity contribution in [1.29, 1.82) is 0 Å². The first-order valence-corrected chi connectivity index (χ1v) is 6.81. The summed E-state index contributed by atoms with van der Waals surface area (Å²) in [5.74, 6) is -1.57. The van der Waals surface area contributed by atoms with Gasteiger partial charge in [0.25, 0.3) is 0 Å². The zero-order valence-electron chi connectivity index (χ0n) is 10.5. The molecule has 1 rings (SSSR count). The van der Waals surface area contributed by atoms with E-state index in [0.29, 0.717) is 5.69 Å². The van der Waals surface area contributed by atoms with Crippen molar-refractivity contribution >= 4 is 35.2 Å². The third kappa shape index (κ3) is 6.74. The van der Waals surface area contributed by atoms with Crippen LogP contribution in [0.25, 0.3) is 0 Å². The molecule has 6 nitrogen and oxygen atoms in total. The molecule has 0 aliphatic heterocycles. The van der Waals surface area contributed by atoms with Gasteiger partial charge in [-0.1, -0.05) is 0 Å².